The summed E-state index contributed by atoms with van der Waals surface area (Å²) < 4.78 is 38.3. The summed E-state index contributed by atoms with van der Waals surface area (Å²) in [6.45, 7) is 1.24. The zero-order valence-electron chi connectivity index (χ0n) is 16.5. The number of benzene rings is 2. The largest absolute Gasteiger partial charge is 0.497 e. The van der Waals surface area contributed by atoms with Gasteiger partial charge in [-0.25, -0.2) is 8.42 Å². The number of rotatable bonds is 5. The first kappa shape index (κ1) is 19.7. The fourth-order valence-corrected chi connectivity index (χ4v) is 5.72. The van der Waals surface area contributed by atoms with Gasteiger partial charge >= 0.3 is 0 Å². The van der Waals surface area contributed by atoms with Crippen LogP contribution in [0.1, 0.15) is 12.8 Å². The number of nitrogens with zero attached hydrogens (tertiary/aromatic N) is 2. The molecular formula is C21H24N2O5S. The molecule has 0 bridgehead atoms. The van der Waals surface area contributed by atoms with Crippen LogP contribution in [0.4, 0.5) is 5.69 Å². The number of para-hydroxylation sites is 1. The van der Waals surface area contributed by atoms with Gasteiger partial charge in [-0.1, -0.05) is 18.2 Å². The maximum absolute atomic E-state index is 13.2. The fourth-order valence-electron chi connectivity index (χ4n) is 4.10. The van der Waals surface area contributed by atoms with Gasteiger partial charge in [-0.05, 0) is 37.1 Å². The van der Waals surface area contributed by atoms with E-state index in [9.17, 15) is 13.2 Å². The monoisotopic (exact) mass is 416 g/mol. The van der Waals surface area contributed by atoms with Crippen LogP contribution >= 0.6 is 0 Å². The second kappa shape index (κ2) is 7.35. The molecule has 2 aromatic carbocycles. The number of piperidine rings is 1. The highest BCUT2D eigenvalue weighted by Gasteiger charge is 2.54. The third-order valence-electron chi connectivity index (χ3n) is 5.90. The smallest absolute Gasteiger partial charge is 0.246 e. The molecule has 4 rings (SSSR count). The Morgan fingerprint density at radius 3 is 2.24 bits per heavy atom. The zero-order chi connectivity index (χ0) is 20.6. The first-order valence-corrected chi connectivity index (χ1v) is 10.9. The van der Waals surface area contributed by atoms with E-state index in [0.717, 1.165) is 5.69 Å². The predicted octanol–water partition coefficient (Wildman–Crippen LogP) is 2.52. The molecule has 29 heavy (non-hydrogen) atoms. The van der Waals surface area contributed by atoms with Gasteiger partial charge in [0.15, 0.2) is 0 Å². The maximum Gasteiger partial charge on any atom is 0.246 e. The summed E-state index contributed by atoms with van der Waals surface area (Å²) in [7, 11) is -0.820. The Bertz CT molecular complexity index is 1010. The van der Waals surface area contributed by atoms with Crippen LogP contribution in [0.5, 0.6) is 11.5 Å². The second-order valence-corrected chi connectivity index (χ2v) is 9.33. The number of carbonyl (C=O) groups is 1. The third-order valence-corrected chi connectivity index (χ3v) is 7.82. The molecule has 0 unspecified atom stereocenters. The molecule has 0 saturated carbocycles. The fraction of sp³-hybridized carbons (Fsp3) is 0.381. The minimum absolute atomic E-state index is 0.0831. The van der Waals surface area contributed by atoms with Gasteiger partial charge in [-0.2, -0.15) is 4.31 Å². The van der Waals surface area contributed by atoms with Gasteiger partial charge in [-0.15, -0.1) is 0 Å². The van der Waals surface area contributed by atoms with Crippen molar-refractivity contribution in [2.45, 2.75) is 17.7 Å². The molecule has 0 atom stereocenters. The van der Waals surface area contributed by atoms with E-state index in [1.807, 2.05) is 30.3 Å². The molecule has 1 spiro atoms. The van der Waals surface area contributed by atoms with E-state index in [-0.39, 0.29) is 16.6 Å². The lowest BCUT2D eigenvalue weighted by molar-refractivity contribution is -0.137. The molecule has 8 heteroatoms. The number of hydrogen-bond donors (Lipinski definition) is 0. The molecular weight excluding hydrogens is 392 g/mol. The number of methoxy groups -OCH3 is 2. The highest BCUT2D eigenvalue weighted by Crippen LogP contribution is 2.45. The first-order valence-electron chi connectivity index (χ1n) is 9.50. The molecule has 154 valence electrons. The van der Waals surface area contributed by atoms with Crippen molar-refractivity contribution in [1.82, 2.24) is 4.31 Å². The molecule has 2 aliphatic rings. The van der Waals surface area contributed by atoms with Gasteiger partial charge in [0.1, 0.15) is 16.4 Å². The van der Waals surface area contributed by atoms with Crippen LogP contribution in [0.3, 0.4) is 0 Å². The van der Waals surface area contributed by atoms with Gasteiger partial charge < -0.3 is 14.4 Å². The quantitative estimate of drug-likeness (QED) is 0.700. The molecule has 0 aliphatic carbocycles. The van der Waals surface area contributed by atoms with Crippen molar-refractivity contribution in [3.8, 4) is 11.5 Å². The minimum atomic E-state index is -3.75. The Kier molecular flexibility index (Phi) is 5.00. The van der Waals surface area contributed by atoms with Crippen molar-refractivity contribution in [2.75, 3.05) is 38.8 Å². The number of hydrogen-bond acceptors (Lipinski definition) is 5. The van der Waals surface area contributed by atoms with Crippen molar-refractivity contribution in [1.29, 1.82) is 0 Å². The maximum atomic E-state index is 13.2. The van der Waals surface area contributed by atoms with Gasteiger partial charge in [0.2, 0.25) is 15.9 Å². The van der Waals surface area contributed by atoms with Crippen LogP contribution in [0.2, 0.25) is 0 Å². The average Bonchev–Trinajstić information content (AvgIpc) is 2.77. The number of anilines is 1. The van der Waals surface area contributed by atoms with E-state index in [2.05, 4.69) is 0 Å². The Balaban J connectivity index is 1.50. The summed E-state index contributed by atoms with van der Waals surface area (Å²) in [6.07, 6.45) is 1.03. The van der Waals surface area contributed by atoms with Crippen molar-refractivity contribution in [3.05, 3.63) is 48.5 Å². The highest BCUT2D eigenvalue weighted by molar-refractivity contribution is 7.89. The van der Waals surface area contributed by atoms with Crippen LogP contribution in [-0.2, 0) is 14.8 Å². The molecule has 2 fully saturated rings. The van der Waals surface area contributed by atoms with Crippen molar-refractivity contribution < 1.29 is 22.7 Å². The lowest BCUT2D eigenvalue weighted by Gasteiger charge is -2.52. The predicted molar refractivity (Wildman–Crippen MR) is 109 cm³/mol. The van der Waals surface area contributed by atoms with Gasteiger partial charge in [0.25, 0.3) is 0 Å². The number of amides is 1. The first-order chi connectivity index (χ1) is 13.9. The van der Waals surface area contributed by atoms with Gasteiger partial charge in [0, 0.05) is 31.4 Å². The molecule has 7 nitrogen and oxygen atoms in total. The summed E-state index contributed by atoms with van der Waals surface area (Å²) in [5.41, 5.74) is 0.430. The van der Waals surface area contributed by atoms with Gasteiger partial charge in [0.05, 0.1) is 19.6 Å². The summed E-state index contributed by atoms with van der Waals surface area (Å²) in [5, 5.41) is 0. The summed E-state index contributed by atoms with van der Waals surface area (Å²) in [4.78, 5) is 14.7. The lowest BCUT2D eigenvalue weighted by Crippen LogP contribution is -2.65. The Hall–Kier alpha value is -2.58. The van der Waals surface area contributed by atoms with Crippen LogP contribution in [0.15, 0.2) is 53.4 Å². The average molecular weight is 416 g/mol. The molecule has 0 N–H and O–H groups in total. The van der Waals surface area contributed by atoms with Crippen molar-refractivity contribution in [2.24, 2.45) is 5.41 Å². The summed E-state index contributed by atoms with van der Waals surface area (Å²) in [5.74, 6) is 0.811. The molecule has 2 heterocycles. The Morgan fingerprint density at radius 1 is 0.966 bits per heavy atom. The number of ether oxygens (including phenoxy) is 2. The van der Waals surface area contributed by atoms with Crippen LogP contribution in [0.25, 0.3) is 0 Å². The highest BCUT2D eigenvalue weighted by atomic mass is 32.2. The van der Waals surface area contributed by atoms with E-state index in [1.54, 1.807) is 17.0 Å². The van der Waals surface area contributed by atoms with Crippen LogP contribution in [-0.4, -0.2) is 52.5 Å². The van der Waals surface area contributed by atoms with Crippen molar-refractivity contribution in [3.63, 3.8) is 0 Å². The molecule has 2 saturated heterocycles. The Morgan fingerprint density at radius 2 is 1.66 bits per heavy atom. The SMILES string of the molecule is COc1ccc(OC)c(S(=O)(=O)N2CCC3(CC2)CN(c2ccccc2)C3=O)c1. The second-order valence-electron chi connectivity index (χ2n) is 7.43. The zero-order valence-corrected chi connectivity index (χ0v) is 17.3. The summed E-state index contributed by atoms with van der Waals surface area (Å²) >= 11 is 0. The summed E-state index contributed by atoms with van der Waals surface area (Å²) in [6, 6.07) is 14.3. The Labute approximate surface area is 170 Å². The number of sulfonamides is 1. The van der Waals surface area contributed by atoms with E-state index in [1.165, 1.54) is 24.6 Å². The topological polar surface area (TPSA) is 76.2 Å². The molecule has 0 radical (unpaired) electrons. The van der Waals surface area contributed by atoms with Crippen molar-refractivity contribution >= 4 is 21.6 Å². The molecule has 0 aromatic heterocycles. The minimum Gasteiger partial charge on any atom is -0.497 e. The van der Waals surface area contributed by atoms with E-state index in [4.69, 9.17) is 9.47 Å². The number of β-lactam (4-membered cyclic amide) rings is 1. The molecule has 1 amide bonds. The molecule has 2 aliphatic heterocycles. The normalized spacial score (nSPS) is 19.1. The van der Waals surface area contributed by atoms with Crippen LogP contribution in [0, 0.1) is 5.41 Å². The van der Waals surface area contributed by atoms with E-state index < -0.39 is 15.4 Å². The standard InChI is InChI=1S/C21H24N2O5S/c1-27-17-8-9-18(28-2)19(14-17)29(25,26)22-12-10-21(11-13-22)15-23(20(21)24)16-6-4-3-5-7-16/h3-9,14H,10-13,15H2,1-2H3. The molecule has 2 aromatic rings. The number of carbonyl (C=O) groups excluding carboxylic acids is 1. The lowest BCUT2D eigenvalue weighted by atomic mass is 9.71. The van der Waals surface area contributed by atoms with E-state index >= 15 is 0 Å². The third kappa shape index (κ3) is 3.26. The van der Waals surface area contributed by atoms with Gasteiger partial charge in [-0.3, -0.25) is 4.79 Å². The van der Waals surface area contributed by atoms with E-state index in [0.29, 0.717) is 38.2 Å². The van der Waals surface area contributed by atoms with Crippen LogP contribution < -0.4 is 14.4 Å².